The molecule has 0 radical (unpaired) electrons. The Kier molecular flexibility index (Phi) is 5.44. The van der Waals surface area contributed by atoms with Crippen LogP contribution in [-0.2, 0) is 0 Å². The van der Waals surface area contributed by atoms with E-state index < -0.39 is 0 Å². The van der Waals surface area contributed by atoms with Gasteiger partial charge in [-0.15, -0.1) is 0 Å². The summed E-state index contributed by atoms with van der Waals surface area (Å²) in [5.41, 5.74) is 4.05. The van der Waals surface area contributed by atoms with Crippen LogP contribution in [0.15, 0.2) is 23.2 Å². The van der Waals surface area contributed by atoms with E-state index in [0.29, 0.717) is 0 Å². The average Bonchev–Trinajstić information content (AvgIpc) is 2.38. The first-order valence-corrected chi connectivity index (χ1v) is 7.67. The van der Waals surface area contributed by atoms with Gasteiger partial charge in [0.2, 0.25) is 0 Å². The normalized spacial score (nSPS) is 17.5. The van der Waals surface area contributed by atoms with Crippen molar-refractivity contribution in [3.63, 3.8) is 0 Å². The van der Waals surface area contributed by atoms with Gasteiger partial charge in [-0.1, -0.05) is 31.4 Å². The second-order valence-corrected chi connectivity index (χ2v) is 5.37. The van der Waals surface area contributed by atoms with E-state index >= 15 is 0 Å². The van der Waals surface area contributed by atoms with Crippen molar-refractivity contribution in [2.24, 2.45) is 4.99 Å². The fourth-order valence-electron chi connectivity index (χ4n) is 2.80. The minimum absolute atomic E-state index is 0.855. The highest BCUT2D eigenvalue weighted by atomic mass is 15.1. The number of aliphatic imine (C=N–C) groups is 1. The predicted molar refractivity (Wildman–Crippen MR) is 84.6 cm³/mol. The molecule has 2 rings (SSSR count). The number of hydrogen-bond donors (Lipinski definition) is 0. The van der Waals surface area contributed by atoms with Gasteiger partial charge in [-0.2, -0.15) is 0 Å². The van der Waals surface area contributed by atoms with Crippen LogP contribution in [0, 0.1) is 6.92 Å². The predicted octanol–water partition coefficient (Wildman–Crippen LogP) is 4.20. The molecule has 1 aliphatic rings. The summed E-state index contributed by atoms with van der Waals surface area (Å²) in [6.45, 7) is 7.57. The molecule has 2 nitrogen and oxygen atoms in total. The maximum atomic E-state index is 4.38. The van der Waals surface area contributed by atoms with E-state index in [1.165, 1.54) is 62.0 Å². The monoisotopic (exact) mass is 258 g/mol. The Labute approximate surface area is 117 Å². The molecular weight excluding hydrogens is 232 g/mol. The number of hydrogen-bond acceptors (Lipinski definition) is 2. The van der Waals surface area contributed by atoms with Crippen LogP contribution in [0.5, 0.6) is 0 Å². The smallest absolute Gasteiger partial charge is 0.0402 e. The summed E-state index contributed by atoms with van der Waals surface area (Å²) in [6.07, 6.45) is 8.84. The Hall–Kier alpha value is -1.31. The van der Waals surface area contributed by atoms with E-state index in [9.17, 15) is 0 Å². The molecule has 19 heavy (non-hydrogen) atoms. The molecule has 0 saturated carbocycles. The molecule has 104 valence electrons. The van der Waals surface area contributed by atoms with Gasteiger partial charge in [0.05, 0.1) is 0 Å². The molecule has 1 aromatic rings. The molecule has 1 saturated heterocycles. The largest absolute Gasteiger partial charge is 0.371 e. The molecule has 0 spiro atoms. The highest BCUT2D eigenvalue weighted by molar-refractivity contribution is 5.84. The molecule has 1 aliphatic heterocycles. The third kappa shape index (κ3) is 3.82. The van der Waals surface area contributed by atoms with Crippen molar-refractivity contribution in [1.29, 1.82) is 0 Å². The second-order valence-electron chi connectivity index (χ2n) is 5.37. The standard InChI is InChI=1S/C17H26N2/c1-3-18-14-16-10-9-11-17(15(16)2)19-12-7-5-4-6-8-13-19/h9-11,14H,3-8,12-13H2,1-2H3. The summed E-state index contributed by atoms with van der Waals surface area (Å²) in [7, 11) is 0. The Bertz CT molecular complexity index is 415. The van der Waals surface area contributed by atoms with Crippen molar-refractivity contribution in [2.45, 2.75) is 46.0 Å². The summed E-state index contributed by atoms with van der Waals surface area (Å²) in [5.74, 6) is 0. The van der Waals surface area contributed by atoms with Gasteiger partial charge < -0.3 is 4.90 Å². The number of rotatable bonds is 3. The van der Waals surface area contributed by atoms with Crippen LogP contribution in [0.25, 0.3) is 0 Å². The van der Waals surface area contributed by atoms with E-state index in [1.807, 2.05) is 6.21 Å². The Morgan fingerprint density at radius 1 is 1.11 bits per heavy atom. The topological polar surface area (TPSA) is 15.6 Å². The number of nitrogens with zero attached hydrogens (tertiary/aromatic N) is 2. The summed E-state index contributed by atoms with van der Waals surface area (Å²) in [6, 6.07) is 6.60. The Balaban J connectivity index is 2.20. The minimum atomic E-state index is 0.855. The lowest BCUT2D eigenvalue weighted by Gasteiger charge is -2.28. The molecule has 0 aromatic heterocycles. The Morgan fingerprint density at radius 2 is 1.79 bits per heavy atom. The first kappa shape index (κ1) is 14.1. The van der Waals surface area contributed by atoms with Crippen LogP contribution in [0.2, 0.25) is 0 Å². The minimum Gasteiger partial charge on any atom is -0.371 e. The quantitative estimate of drug-likeness (QED) is 0.742. The summed E-state index contributed by atoms with van der Waals surface area (Å²) < 4.78 is 0. The van der Waals surface area contributed by atoms with Gasteiger partial charge in [0.25, 0.3) is 0 Å². The fraction of sp³-hybridized carbons (Fsp3) is 0.588. The fourth-order valence-corrected chi connectivity index (χ4v) is 2.80. The second kappa shape index (κ2) is 7.32. The molecule has 0 atom stereocenters. The lowest BCUT2D eigenvalue weighted by atomic mass is 10.0. The van der Waals surface area contributed by atoms with Crippen molar-refractivity contribution in [3.8, 4) is 0 Å². The maximum Gasteiger partial charge on any atom is 0.0402 e. The maximum absolute atomic E-state index is 4.38. The van der Waals surface area contributed by atoms with Gasteiger partial charge in [-0.05, 0) is 43.9 Å². The zero-order valence-electron chi connectivity index (χ0n) is 12.4. The third-order valence-corrected chi connectivity index (χ3v) is 3.96. The first-order valence-electron chi connectivity index (χ1n) is 7.67. The van der Waals surface area contributed by atoms with Crippen molar-refractivity contribution in [1.82, 2.24) is 0 Å². The number of anilines is 1. The first-order chi connectivity index (χ1) is 9.33. The van der Waals surface area contributed by atoms with Gasteiger partial charge in [-0.25, -0.2) is 0 Å². The SMILES string of the molecule is CCN=Cc1cccc(N2CCCCCCC2)c1C. The van der Waals surface area contributed by atoms with Crippen LogP contribution in [0.4, 0.5) is 5.69 Å². The van der Waals surface area contributed by atoms with Gasteiger partial charge >= 0.3 is 0 Å². The molecule has 0 N–H and O–H groups in total. The van der Waals surface area contributed by atoms with Crippen LogP contribution in [0.3, 0.4) is 0 Å². The lowest BCUT2D eigenvalue weighted by Crippen LogP contribution is -2.27. The highest BCUT2D eigenvalue weighted by Crippen LogP contribution is 2.25. The number of benzene rings is 1. The van der Waals surface area contributed by atoms with Crippen molar-refractivity contribution >= 4 is 11.9 Å². The van der Waals surface area contributed by atoms with Gasteiger partial charge in [0, 0.05) is 31.5 Å². The van der Waals surface area contributed by atoms with E-state index in [1.54, 1.807) is 0 Å². The molecule has 1 heterocycles. The molecule has 0 amide bonds. The third-order valence-electron chi connectivity index (χ3n) is 3.96. The summed E-state index contributed by atoms with van der Waals surface area (Å²) in [5, 5.41) is 0. The van der Waals surface area contributed by atoms with Crippen LogP contribution in [0.1, 0.15) is 50.2 Å². The van der Waals surface area contributed by atoms with Crippen LogP contribution >= 0.6 is 0 Å². The molecular formula is C17H26N2. The zero-order valence-corrected chi connectivity index (χ0v) is 12.4. The van der Waals surface area contributed by atoms with Gasteiger partial charge in [-0.3, -0.25) is 4.99 Å². The molecule has 1 aromatic carbocycles. The van der Waals surface area contributed by atoms with Crippen molar-refractivity contribution in [2.75, 3.05) is 24.5 Å². The molecule has 0 aliphatic carbocycles. The van der Waals surface area contributed by atoms with E-state index in [2.05, 4.69) is 41.9 Å². The summed E-state index contributed by atoms with van der Waals surface area (Å²) >= 11 is 0. The van der Waals surface area contributed by atoms with E-state index in [-0.39, 0.29) is 0 Å². The van der Waals surface area contributed by atoms with Gasteiger partial charge in [0.15, 0.2) is 0 Å². The Morgan fingerprint density at radius 3 is 2.47 bits per heavy atom. The van der Waals surface area contributed by atoms with E-state index in [4.69, 9.17) is 0 Å². The molecule has 0 bridgehead atoms. The van der Waals surface area contributed by atoms with Crippen LogP contribution < -0.4 is 4.90 Å². The lowest BCUT2D eigenvalue weighted by molar-refractivity contribution is 0.556. The van der Waals surface area contributed by atoms with E-state index in [0.717, 1.165) is 6.54 Å². The van der Waals surface area contributed by atoms with Crippen molar-refractivity contribution < 1.29 is 0 Å². The highest BCUT2D eigenvalue weighted by Gasteiger charge is 2.12. The van der Waals surface area contributed by atoms with Gasteiger partial charge in [0.1, 0.15) is 0 Å². The zero-order chi connectivity index (χ0) is 13.5. The van der Waals surface area contributed by atoms with Crippen LogP contribution in [-0.4, -0.2) is 25.8 Å². The molecule has 1 fully saturated rings. The molecule has 2 heteroatoms. The summed E-state index contributed by atoms with van der Waals surface area (Å²) in [4.78, 5) is 6.95. The van der Waals surface area contributed by atoms with Crippen molar-refractivity contribution in [3.05, 3.63) is 29.3 Å². The molecule has 0 unspecified atom stereocenters. The average molecular weight is 258 g/mol.